The lowest BCUT2D eigenvalue weighted by Crippen LogP contribution is -2.30. The molecule has 0 heterocycles. The van der Waals surface area contributed by atoms with Crippen molar-refractivity contribution >= 4 is 5.97 Å². The third-order valence-electron chi connectivity index (χ3n) is 4.37. The van der Waals surface area contributed by atoms with Crippen LogP contribution in [0.1, 0.15) is 97.8 Å². The van der Waals surface area contributed by atoms with Gasteiger partial charge in [-0.05, 0) is 19.3 Å². The first kappa shape index (κ1) is 18.5. The van der Waals surface area contributed by atoms with E-state index < -0.39 is 11.4 Å². The average Bonchev–Trinajstić information content (AvgIpc) is 2.40. The maximum absolute atomic E-state index is 11.5. The van der Waals surface area contributed by atoms with Gasteiger partial charge in [0.1, 0.15) is 0 Å². The number of carboxylic acids is 1. The Bertz CT molecular complexity index is 225. The minimum absolute atomic E-state index is 0.447. The number of aliphatic carboxylic acids is 1. The molecule has 0 saturated heterocycles. The van der Waals surface area contributed by atoms with E-state index in [1.165, 1.54) is 44.9 Å². The smallest absolute Gasteiger partial charge is 0.309 e. The molecule has 2 nitrogen and oxygen atoms in total. The fourth-order valence-corrected chi connectivity index (χ4v) is 2.92. The lowest BCUT2D eigenvalue weighted by molar-refractivity contribution is -0.150. The van der Waals surface area contributed by atoms with Gasteiger partial charge in [-0.3, -0.25) is 4.79 Å². The van der Waals surface area contributed by atoms with Crippen molar-refractivity contribution in [2.75, 3.05) is 0 Å². The molecule has 0 fully saturated rings. The molecular formula is C17H34O2. The zero-order valence-corrected chi connectivity index (χ0v) is 13.3. The molecule has 0 radical (unpaired) electrons. The van der Waals surface area contributed by atoms with E-state index in [0.717, 1.165) is 32.1 Å². The summed E-state index contributed by atoms with van der Waals surface area (Å²) in [6.45, 7) is 6.35. The molecule has 0 aromatic rings. The summed E-state index contributed by atoms with van der Waals surface area (Å²) in [5.74, 6) is -0.584. The van der Waals surface area contributed by atoms with E-state index in [1.807, 2.05) is 6.92 Å². The molecule has 0 aromatic carbocycles. The number of carboxylic acid groups (broad SMARTS) is 1. The number of hydrogen-bond acceptors (Lipinski definition) is 1. The maximum atomic E-state index is 11.5. The molecule has 0 aliphatic carbocycles. The quantitative estimate of drug-likeness (QED) is 0.429. The van der Waals surface area contributed by atoms with Crippen LogP contribution in [-0.4, -0.2) is 11.1 Å². The Hall–Kier alpha value is -0.530. The summed E-state index contributed by atoms with van der Waals surface area (Å²) >= 11 is 0. The zero-order chi connectivity index (χ0) is 14.6. The Morgan fingerprint density at radius 2 is 1.32 bits per heavy atom. The van der Waals surface area contributed by atoms with E-state index in [9.17, 15) is 9.90 Å². The predicted octanol–water partition coefficient (Wildman–Crippen LogP) is 5.80. The average molecular weight is 270 g/mol. The molecule has 0 aromatic heterocycles. The van der Waals surface area contributed by atoms with E-state index in [-0.39, 0.29) is 0 Å². The molecule has 1 unspecified atom stereocenters. The molecule has 0 amide bonds. The Morgan fingerprint density at radius 3 is 1.74 bits per heavy atom. The van der Waals surface area contributed by atoms with Gasteiger partial charge in [0.15, 0.2) is 0 Å². The number of carbonyl (C=O) groups is 1. The van der Waals surface area contributed by atoms with Crippen LogP contribution in [0.25, 0.3) is 0 Å². The summed E-state index contributed by atoms with van der Waals surface area (Å²) in [5.41, 5.74) is -0.447. The van der Waals surface area contributed by atoms with E-state index >= 15 is 0 Å². The Kier molecular flexibility index (Phi) is 11.0. The lowest BCUT2D eigenvalue weighted by Gasteiger charge is -2.27. The fourth-order valence-electron chi connectivity index (χ4n) is 2.92. The lowest BCUT2D eigenvalue weighted by atomic mass is 9.76. The van der Waals surface area contributed by atoms with Gasteiger partial charge in [-0.1, -0.05) is 78.6 Å². The second kappa shape index (κ2) is 11.3. The second-order valence-corrected chi connectivity index (χ2v) is 5.91. The van der Waals surface area contributed by atoms with Gasteiger partial charge in [-0.15, -0.1) is 0 Å². The molecule has 2 heteroatoms. The molecule has 0 aliphatic heterocycles. The normalized spacial score (nSPS) is 14.3. The number of unbranched alkanes of at least 4 members (excludes halogenated alkanes) is 7. The van der Waals surface area contributed by atoms with Crippen LogP contribution in [0.4, 0.5) is 0 Å². The first-order valence-electron chi connectivity index (χ1n) is 8.36. The summed E-state index contributed by atoms with van der Waals surface area (Å²) in [6, 6.07) is 0. The van der Waals surface area contributed by atoms with Crippen LogP contribution in [0.3, 0.4) is 0 Å². The van der Waals surface area contributed by atoms with E-state index in [1.54, 1.807) is 0 Å². The number of hydrogen-bond donors (Lipinski definition) is 1. The van der Waals surface area contributed by atoms with Crippen molar-refractivity contribution in [2.45, 2.75) is 97.8 Å². The Labute approximate surface area is 120 Å². The van der Waals surface area contributed by atoms with E-state index in [2.05, 4.69) is 13.8 Å². The first-order valence-corrected chi connectivity index (χ1v) is 8.36. The van der Waals surface area contributed by atoms with Crippen molar-refractivity contribution in [3.05, 3.63) is 0 Å². The Morgan fingerprint density at radius 1 is 0.789 bits per heavy atom. The van der Waals surface area contributed by atoms with Gasteiger partial charge in [0, 0.05) is 0 Å². The second-order valence-electron chi connectivity index (χ2n) is 5.91. The van der Waals surface area contributed by atoms with Gasteiger partial charge in [0.25, 0.3) is 0 Å². The molecule has 0 rings (SSSR count). The molecule has 0 aliphatic rings. The highest BCUT2D eigenvalue weighted by atomic mass is 16.4. The summed E-state index contributed by atoms with van der Waals surface area (Å²) in [7, 11) is 0. The Balaban J connectivity index is 3.78. The minimum atomic E-state index is -0.584. The predicted molar refractivity (Wildman–Crippen MR) is 82.5 cm³/mol. The van der Waals surface area contributed by atoms with Crippen LogP contribution in [0.15, 0.2) is 0 Å². The third-order valence-corrected chi connectivity index (χ3v) is 4.37. The molecular weight excluding hydrogens is 236 g/mol. The van der Waals surface area contributed by atoms with E-state index in [0.29, 0.717) is 0 Å². The highest BCUT2D eigenvalue weighted by Gasteiger charge is 2.34. The summed E-state index contributed by atoms with van der Waals surface area (Å²) < 4.78 is 0. The monoisotopic (exact) mass is 270 g/mol. The van der Waals surface area contributed by atoms with E-state index in [4.69, 9.17) is 0 Å². The van der Waals surface area contributed by atoms with Crippen LogP contribution in [0.5, 0.6) is 0 Å². The zero-order valence-electron chi connectivity index (χ0n) is 13.3. The van der Waals surface area contributed by atoms with Crippen molar-refractivity contribution in [1.29, 1.82) is 0 Å². The maximum Gasteiger partial charge on any atom is 0.309 e. The highest BCUT2D eigenvalue weighted by Crippen LogP contribution is 2.34. The molecule has 0 bridgehead atoms. The molecule has 114 valence electrons. The van der Waals surface area contributed by atoms with Crippen molar-refractivity contribution in [1.82, 2.24) is 0 Å². The first-order chi connectivity index (χ1) is 9.13. The summed E-state index contributed by atoms with van der Waals surface area (Å²) in [6.07, 6.45) is 13.7. The van der Waals surface area contributed by atoms with Crippen molar-refractivity contribution in [2.24, 2.45) is 5.41 Å². The van der Waals surface area contributed by atoms with Gasteiger partial charge >= 0.3 is 5.97 Å². The van der Waals surface area contributed by atoms with Gasteiger partial charge < -0.3 is 5.11 Å². The molecule has 19 heavy (non-hydrogen) atoms. The van der Waals surface area contributed by atoms with Gasteiger partial charge in [0.2, 0.25) is 0 Å². The van der Waals surface area contributed by atoms with Crippen molar-refractivity contribution in [3.8, 4) is 0 Å². The molecule has 0 spiro atoms. The summed E-state index contributed by atoms with van der Waals surface area (Å²) in [5, 5.41) is 9.45. The van der Waals surface area contributed by atoms with Crippen LogP contribution < -0.4 is 0 Å². The van der Waals surface area contributed by atoms with Gasteiger partial charge in [0.05, 0.1) is 5.41 Å². The van der Waals surface area contributed by atoms with Gasteiger partial charge in [-0.25, -0.2) is 0 Å². The van der Waals surface area contributed by atoms with Crippen LogP contribution in [0, 0.1) is 5.41 Å². The highest BCUT2D eigenvalue weighted by molar-refractivity contribution is 5.74. The molecule has 1 N–H and O–H groups in total. The standard InChI is InChI=1S/C17H34O2/c1-4-7-8-9-10-11-12-13-15-17(6-3,14-5-2)16(18)19/h4-15H2,1-3H3,(H,18,19). The van der Waals surface area contributed by atoms with Crippen LogP contribution >= 0.6 is 0 Å². The SMILES string of the molecule is CCCCCCCCCCC(CC)(CCC)C(=O)O. The fraction of sp³-hybridized carbons (Fsp3) is 0.941. The molecule has 0 saturated carbocycles. The van der Waals surface area contributed by atoms with Gasteiger partial charge in [-0.2, -0.15) is 0 Å². The topological polar surface area (TPSA) is 37.3 Å². The van der Waals surface area contributed by atoms with Crippen molar-refractivity contribution < 1.29 is 9.90 Å². The van der Waals surface area contributed by atoms with Crippen LogP contribution in [-0.2, 0) is 4.79 Å². The number of rotatable bonds is 13. The summed E-state index contributed by atoms with van der Waals surface area (Å²) in [4.78, 5) is 11.5. The van der Waals surface area contributed by atoms with Crippen LogP contribution in [0.2, 0.25) is 0 Å². The molecule has 1 atom stereocenters. The largest absolute Gasteiger partial charge is 0.481 e. The minimum Gasteiger partial charge on any atom is -0.481 e. The third kappa shape index (κ3) is 7.59. The van der Waals surface area contributed by atoms with Crippen molar-refractivity contribution in [3.63, 3.8) is 0 Å².